The summed E-state index contributed by atoms with van der Waals surface area (Å²) in [7, 11) is -1.22. The summed E-state index contributed by atoms with van der Waals surface area (Å²) < 4.78 is 76.5. The molecular weight excluding hydrogens is 565 g/mol. The van der Waals surface area contributed by atoms with Crippen LogP contribution in [0.1, 0.15) is 0 Å². The second-order valence-corrected chi connectivity index (χ2v) is 11.5. The number of amides is 2. The first kappa shape index (κ1) is 28.5. The van der Waals surface area contributed by atoms with E-state index in [1.54, 1.807) is 62.6 Å². The van der Waals surface area contributed by atoms with E-state index in [0.717, 1.165) is 24.3 Å². The smallest absolute Gasteiger partial charge is 0.453 e. The number of aliphatic hydroxyl groups is 1. The first-order chi connectivity index (χ1) is 19.3. The van der Waals surface area contributed by atoms with E-state index in [9.17, 15) is 31.5 Å². The third-order valence-electron chi connectivity index (χ3n) is 6.76. The van der Waals surface area contributed by atoms with Gasteiger partial charge in [0.15, 0.2) is 11.5 Å². The molecule has 3 aromatic rings. The van der Waals surface area contributed by atoms with Gasteiger partial charge in [-0.1, -0.05) is 24.3 Å². The zero-order valence-corrected chi connectivity index (χ0v) is 22.8. The molecule has 0 spiro atoms. The number of piperidine rings is 1. The fraction of sp³-hybridized carbons (Fsp3) is 0.296. The third kappa shape index (κ3) is 5.89. The number of nitrogens with one attached hydrogen (secondary N) is 1. The highest BCUT2D eigenvalue weighted by Gasteiger charge is 2.45. The number of sulfonamides is 1. The highest BCUT2D eigenvalue weighted by molar-refractivity contribution is 7.89. The predicted octanol–water partition coefficient (Wildman–Crippen LogP) is 3.90. The highest BCUT2D eigenvalue weighted by atomic mass is 32.2. The van der Waals surface area contributed by atoms with Gasteiger partial charge in [0, 0.05) is 27.2 Å². The van der Waals surface area contributed by atoms with Crippen LogP contribution in [0.3, 0.4) is 0 Å². The predicted molar refractivity (Wildman–Crippen MR) is 143 cm³/mol. The van der Waals surface area contributed by atoms with E-state index in [-0.39, 0.29) is 18.0 Å². The van der Waals surface area contributed by atoms with Crippen LogP contribution in [-0.2, 0) is 10.0 Å². The van der Waals surface area contributed by atoms with E-state index in [0.29, 0.717) is 22.9 Å². The summed E-state index contributed by atoms with van der Waals surface area (Å²) in [6.45, 7) is -0.0979. The monoisotopic (exact) mass is 592 g/mol. The summed E-state index contributed by atoms with van der Waals surface area (Å²) in [5, 5.41) is 11.6. The number of fused-ring (bicyclic) bond motifs is 2. The molecular formula is C27H27F3N4O6S. The van der Waals surface area contributed by atoms with Crippen LogP contribution in [0.2, 0.25) is 0 Å². The fourth-order valence-corrected chi connectivity index (χ4v) is 6.22. The number of hydrogen-bond donors (Lipinski definition) is 2. The largest absolute Gasteiger partial charge is 0.573 e. The van der Waals surface area contributed by atoms with Crippen molar-refractivity contribution in [3.05, 3.63) is 72.8 Å². The number of likely N-dealkylation sites (tertiary alicyclic amines) is 1. The van der Waals surface area contributed by atoms with Crippen molar-refractivity contribution >= 4 is 27.4 Å². The molecule has 10 nitrogen and oxygen atoms in total. The lowest BCUT2D eigenvalue weighted by Crippen LogP contribution is -2.66. The Morgan fingerprint density at radius 2 is 1.54 bits per heavy atom. The average Bonchev–Trinajstić information content (AvgIpc) is 2.92. The number of halogens is 3. The van der Waals surface area contributed by atoms with Crippen molar-refractivity contribution in [3.63, 3.8) is 0 Å². The van der Waals surface area contributed by atoms with Crippen molar-refractivity contribution in [1.29, 1.82) is 0 Å². The summed E-state index contributed by atoms with van der Waals surface area (Å²) >= 11 is 0. The number of carbonyl (C=O) groups is 1. The van der Waals surface area contributed by atoms with Gasteiger partial charge in [0.2, 0.25) is 10.0 Å². The van der Waals surface area contributed by atoms with Gasteiger partial charge in [0.05, 0.1) is 34.5 Å². The molecule has 2 N–H and O–H groups in total. The highest BCUT2D eigenvalue weighted by Crippen LogP contribution is 2.48. The molecule has 3 aromatic carbocycles. The Labute approximate surface area is 234 Å². The number of anilines is 2. The first-order valence-electron chi connectivity index (χ1n) is 12.5. The molecule has 0 radical (unpaired) electrons. The minimum absolute atomic E-state index is 0.0581. The van der Waals surface area contributed by atoms with Crippen molar-refractivity contribution in [2.24, 2.45) is 0 Å². The summed E-state index contributed by atoms with van der Waals surface area (Å²) in [4.78, 5) is 17.4. The summed E-state index contributed by atoms with van der Waals surface area (Å²) in [5.41, 5.74) is 1.24. The van der Waals surface area contributed by atoms with Crippen LogP contribution in [0.4, 0.5) is 29.3 Å². The van der Waals surface area contributed by atoms with Crippen molar-refractivity contribution in [2.75, 3.05) is 32.1 Å². The number of rotatable bonds is 5. The quantitative estimate of drug-likeness (QED) is 0.462. The van der Waals surface area contributed by atoms with Crippen LogP contribution in [0, 0.1) is 0 Å². The van der Waals surface area contributed by atoms with E-state index in [2.05, 4.69) is 9.46 Å². The summed E-state index contributed by atoms with van der Waals surface area (Å²) in [6, 6.07) is 15.6. The van der Waals surface area contributed by atoms with Crippen molar-refractivity contribution in [2.45, 2.75) is 29.4 Å². The second kappa shape index (κ2) is 10.8. The topological polar surface area (TPSA) is 112 Å². The van der Waals surface area contributed by atoms with Gasteiger partial charge in [-0.3, -0.25) is 0 Å². The van der Waals surface area contributed by atoms with Crippen LogP contribution in [-0.4, -0.2) is 81.1 Å². The van der Waals surface area contributed by atoms with Gasteiger partial charge in [-0.2, -0.15) is 0 Å². The Kier molecular flexibility index (Phi) is 7.48. The molecule has 1 fully saturated rings. The molecule has 41 heavy (non-hydrogen) atoms. The summed E-state index contributed by atoms with van der Waals surface area (Å²) in [5.74, 6) is 0.460. The van der Waals surface area contributed by atoms with Crippen LogP contribution < -0.4 is 19.1 Å². The molecule has 5 rings (SSSR count). The maximum Gasteiger partial charge on any atom is 0.573 e. The number of ether oxygens (including phenoxy) is 2. The van der Waals surface area contributed by atoms with Gasteiger partial charge in [-0.25, -0.2) is 17.9 Å². The van der Waals surface area contributed by atoms with E-state index in [1.807, 2.05) is 4.90 Å². The lowest BCUT2D eigenvalue weighted by Gasteiger charge is -2.48. The SMILES string of the molecule is CN(C)C(=O)N1C[C@@H](NS(=O)(=O)c2ccc(OC(F)(F)F)cc2)[C@H](O)[C@@H](N2c3ccccc3Oc3ccccc32)C1. The van der Waals surface area contributed by atoms with Crippen LogP contribution in [0.5, 0.6) is 17.2 Å². The molecule has 0 saturated carbocycles. The van der Waals surface area contributed by atoms with Gasteiger partial charge in [-0.05, 0) is 48.5 Å². The Balaban J connectivity index is 1.49. The maximum absolute atomic E-state index is 13.3. The molecule has 2 heterocycles. The van der Waals surface area contributed by atoms with E-state index < -0.39 is 46.4 Å². The third-order valence-corrected chi connectivity index (χ3v) is 8.27. The number of alkyl halides is 3. The van der Waals surface area contributed by atoms with Crippen molar-refractivity contribution < 1.29 is 41.0 Å². The molecule has 0 bridgehead atoms. The number of benzene rings is 3. The average molecular weight is 593 g/mol. The van der Waals surface area contributed by atoms with E-state index in [1.165, 1.54) is 9.80 Å². The lowest BCUT2D eigenvalue weighted by atomic mass is 9.94. The van der Waals surface area contributed by atoms with Gasteiger partial charge < -0.3 is 29.3 Å². The molecule has 218 valence electrons. The minimum atomic E-state index is -4.93. The lowest BCUT2D eigenvalue weighted by molar-refractivity contribution is -0.274. The van der Waals surface area contributed by atoms with Gasteiger partial charge in [-0.15, -0.1) is 13.2 Å². The number of carbonyl (C=O) groups excluding carboxylic acids is 1. The standard InChI is InChI=1S/C27H27F3N4O6S/c1-32(2)26(36)33-15-19(31-41(37,38)18-13-11-17(12-14-18)40-27(28,29)30)25(35)22(16-33)34-20-7-3-5-9-23(20)39-24-10-6-4-8-21(24)34/h3-14,19,22,25,31,35H,15-16H2,1-2H3/t19-,22+,25+/m1/s1. The van der Waals surface area contributed by atoms with Gasteiger partial charge in [0.1, 0.15) is 5.75 Å². The molecule has 14 heteroatoms. The number of aliphatic hydroxyl groups excluding tert-OH is 1. The molecule has 0 unspecified atom stereocenters. The normalized spacial score (nSPS) is 20.5. The Bertz CT molecular complexity index is 1490. The van der Waals surface area contributed by atoms with Crippen LogP contribution >= 0.6 is 0 Å². The number of para-hydroxylation sites is 4. The molecule has 2 aliphatic rings. The fourth-order valence-electron chi connectivity index (χ4n) is 4.98. The molecule has 2 amide bonds. The molecule has 1 saturated heterocycles. The number of nitrogens with zero attached hydrogens (tertiary/aromatic N) is 3. The van der Waals surface area contributed by atoms with Crippen molar-refractivity contribution in [1.82, 2.24) is 14.5 Å². The first-order valence-corrected chi connectivity index (χ1v) is 14.0. The molecule has 2 aliphatic heterocycles. The Morgan fingerprint density at radius 3 is 2.07 bits per heavy atom. The van der Waals surface area contributed by atoms with Crippen LogP contribution in [0.25, 0.3) is 0 Å². The van der Waals surface area contributed by atoms with Gasteiger partial charge in [0.25, 0.3) is 0 Å². The maximum atomic E-state index is 13.3. The van der Waals surface area contributed by atoms with E-state index in [4.69, 9.17) is 4.74 Å². The molecule has 0 aliphatic carbocycles. The Morgan fingerprint density at radius 1 is 0.976 bits per heavy atom. The zero-order chi connectivity index (χ0) is 29.5. The summed E-state index contributed by atoms with van der Waals surface area (Å²) in [6.07, 6.45) is -6.25. The van der Waals surface area contributed by atoms with Gasteiger partial charge >= 0.3 is 12.4 Å². The second-order valence-electron chi connectivity index (χ2n) is 9.79. The number of hydrogen-bond acceptors (Lipinski definition) is 7. The van der Waals surface area contributed by atoms with E-state index >= 15 is 0 Å². The van der Waals surface area contributed by atoms with Crippen molar-refractivity contribution in [3.8, 4) is 17.2 Å². The molecule has 3 atom stereocenters. The zero-order valence-electron chi connectivity index (χ0n) is 21.9. The minimum Gasteiger partial charge on any atom is -0.453 e. The number of urea groups is 1. The Hall–Kier alpha value is -4.01. The van der Waals surface area contributed by atoms with Crippen LogP contribution in [0.15, 0.2) is 77.7 Å². The molecule has 0 aromatic heterocycles.